The van der Waals surface area contributed by atoms with E-state index in [2.05, 4.69) is 41.2 Å². The maximum absolute atomic E-state index is 12.4. The summed E-state index contributed by atoms with van der Waals surface area (Å²) in [5.74, 6) is 1.58. The summed E-state index contributed by atoms with van der Waals surface area (Å²) in [6.07, 6.45) is 8.32. The Hall–Kier alpha value is -2.24. The highest BCUT2D eigenvalue weighted by molar-refractivity contribution is 7.57. The van der Waals surface area contributed by atoms with Gasteiger partial charge in [0.25, 0.3) is 0 Å². The minimum atomic E-state index is -2.97. The number of ether oxygens (including phenoxy) is 1. The number of unbranched alkanes of at least 4 members (excludes halogenated alkanes) is 1. The van der Waals surface area contributed by atoms with E-state index in [0.29, 0.717) is 41.5 Å². The van der Waals surface area contributed by atoms with Crippen LogP contribution in [0.2, 0.25) is 0 Å². The van der Waals surface area contributed by atoms with E-state index in [1.54, 1.807) is 0 Å². The summed E-state index contributed by atoms with van der Waals surface area (Å²) >= 11 is 0. The third-order valence-electron chi connectivity index (χ3n) is 6.87. The van der Waals surface area contributed by atoms with Crippen molar-refractivity contribution in [3.63, 3.8) is 0 Å². The van der Waals surface area contributed by atoms with Crippen LogP contribution in [0.4, 0.5) is 11.5 Å². The molecule has 1 aliphatic carbocycles. The van der Waals surface area contributed by atoms with Gasteiger partial charge in [0.15, 0.2) is 11.5 Å². The van der Waals surface area contributed by atoms with Crippen molar-refractivity contribution in [3.05, 3.63) is 41.7 Å². The highest BCUT2D eigenvalue weighted by Crippen LogP contribution is 2.48. The Kier molecular flexibility index (Phi) is 6.92. The molecule has 1 atom stereocenters. The van der Waals surface area contributed by atoms with Crippen LogP contribution in [0, 0.1) is 5.92 Å². The average molecular weight is 471 g/mol. The molecule has 1 aliphatic heterocycles. The van der Waals surface area contributed by atoms with Crippen LogP contribution in [0.5, 0.6) is 5.88 Å². The summed E-state index contributed by atoms with van der Waals surface area (Å²) in [6, 6.07) is 8.56. The van der Waals surface area contributed by atoms with Gasteiger partial charge < -0.3 is 15.4 Å². The maximum Gasteiger partial charge on any atom is 0.246 e. The number of fused-ring (bicyclic) bond motifs is 1. The van der Waals surface area contributed by atoms with Crippen molar-refractivity contribution in [3.8, 4) is 5.88 Å². The van der Waals surface area contributed by atoms with E-state index < -0.39 is 13.0 Å². The Morgan fingerprint density at radius 2 is 1.85 bits per heavy atom. The molecule has 33 heavy (non-hydrogen) atoms. The van der Waals surface area contributed by atoms with E-state index in [0.717, 1.165) is 49.8 Å². The zero-order valence-electron chi connectivity index (χ0n) is 19.8. The third-order valence-corrected chi connectivity index (χ3v) is 8.97. The molecule has 4 rings (SSSR count). The summed E-state index contributed by atoms with van der Waals surface area (Å²) in [5, 5.41) is 0. The van der Waals surface area contributed by atoms with E-state index in [9.17, 15) is 9.46 Å². The van der Waals surface area contributed by atoms with E-state index in [4.69, 9.17) is 15.5 Å². The van der Waals surface area contributed by atoms with Crippen LogP contribution in [0.15, 0.2) is 35.6 Å². The average Bonchev–Trinajstić information content (AvgIpc) is 2.77. The molecule has 0 radical (unpaired) electrons. The van der Waals surface area contributed by atoms with Gasteiger partial charge >= 0.3 is 0 Å². The molecular weight excluding hydrogens is 435 g/mol. The molecule has 0 spiro atoms. The molecule has 1 fully saturated rings. The normalized spacial score (nSPS) is 23.7. The van der Waals surface area contributed by atoms with Crippen LogP contribution < -0.4 is 10.5 Å². The van der Waals surface area contributed by atoms with Gasteiger partial charge in [-0.2, -0.15) is 4.98 Å². The summed E-state index contributed by atoms with van der Waals surface area (Å²) in [4.78, 5) is 23.2. The number of aliphatic imine (C=N–C) groups is 1. The number of rotatable bonds is 7. The summed E-state index contributed by atoms with van der Waals surface area (Å²) in [7, 11) is -2.97. The molecule has 1 unspecified atom stereocenters. The molecule has 178 valence electrons. The fraction of sp³-hybridized carbons (Fsp3) is 0.560. The number of hydrogen-bond acceptors (Lipinski definition) is 6. The first-order chi connectivity index (χ1) is 15.7. The second kappa shape index (κ2) is 9.55. The molecule has 1 saturated carbocycles. The first kappa shape index (κ1) is 23.9. The van der Waals surface area contributed by atoms with Gasteiger partial charge in [-0.15, -0.1) is 0 Å². The lowest BCUT2D eigenvalue weighted by Gasteiger charge is -2.32. The number of nitrogen functional groups attached to an aromatic ring is 1. The van der Waals surface area contributed by atoms with Gasteiger partial charge in [0.2, 0.25) is 13.2 Å². The van der Waals surface area contributed by atoms with E-state index >= 15 is 0 Å². The lowest BCUT2D eigenvalue weighted by molar-refractivity contribution is 0.171. The number of anilines is 1. The maximum atomic E-state index is 12.4. The van der Waals surface area contributed by atoms with Gasteiger partial charge in [-0.3, -0.25) is 4.57 Å². The standard InChI is InChI=1S/C25H35N4O3P/c1-4-5-14-33(30,31)15-17-6-8-18(9-7-17)19-10-12-20(13-11-19)22-25(2,3)32-24-21(29-22)23(26)27-16-28-24/h10-13,16-18H,4-9,14-15H2,1-3H3,(H,30,31)(H2,26,27,28)/t17-,18-. The van der Waals surface area contributed by atoms with Gasteiger partial charge in [0.1, 0.15) is 11.9 Å². The fourth-order valence-electron chi connectivity index (χ4n) is 5.00. The second-order valence-corrected chi connectivity index (χ2v) is 12.4. The largest absolute Gasteiger partial charge is 0.463 e. The Balaban J connectivity index is 1.43. The van der Waals surface area contributed by atoms with Crippen molar-refractivity contribution in [1.29, 1.82) is 0 Å². The molecule has 0 amide bonds. The van der Waals surface area contributed by atoms with Crippen LogP contribution in [0.3, 0.4) is 0 Å². The third kappa shape index (κ3) is 5.47. The van der Waals surface area contributed by atoms with Crippen LogP contribution in [-0.2, 0) is 4.57 Å². The number of nitrogens with two attached hydrogens (primary N) is 1. The van der Waals surface area contributed by atoms with E-state index in [1.165, 1.54) is 11.9 Å². The molecule has 2 heterocycles. The van der Waals surface area contributed by atoms with E-state index in [-0.39, 0.29) is 0 Å². The molecule has 3 N–H and O–H groups in total. The highest BCUT2D eigenvalue weighted by atomic mass is 31.2. The van der Waals surface area contributed by atoms with Crippen molar-refractivity contribution < 1.29 is 14.2 Å². The van der Waals surface area contributed by atoms with Gasteiger partial charge in [-0.1, -0.05) is 37.6 Å². The summed E-state index contributed by atoms with van der Waals surface area (Å²) < 4.78 is 18.5. The molecule has 8 heteroatoms. The van der Waals surface area contributed by atoms with Crippen molar-refractivity contribution in [1.82, 2.24) is 9.97 Å². The molecule has 2 aromatic rings. The molecule has 1 aromatic heterocycles. The SMILES string of the molecule is CCCCP(=O)(O)C[C@H]1CC[C@H](c2ccc(C3=Nc4c(N)ncnc4OC3(C)C)cc2)CC1. The van der Waals surface area contributed by atoms with Gasteiger partial charge in [-0.05, 0) is 63.4 Å². The second-order valence-electron chi connectivity index (χ2n) is 9.93. The Bertz CT molecular complexity index is 1060. The van der Waals surface area contributed by atoms with Crippen LogP contribution >= 0.6 is 7.37 Å². The zero-order chi connectivity index (χ0) is 23.6. The number of nitrogens with zero attached hydrogens (tertiary/aromatic N) is 3. The first-order valence-electron chi connectivity index (χ1n) is 12.0. The Morgan fingerprint density at radius 1 is 1.15 bits per heavy atom. The lowest BCUT2D eigenvalue weighted by Crippen LogP contribution is -2.41. The first-order valence-corrected chi connectivity index (χ1v) is 14.0. The zero-order valence-corrected chi connectivity index (χ0v) is 20.7. The topological polar surface area (TPSA) is 111 Å². The molecule has 1 aromatic carbocycles. The lowest BCUT2D eigenvalue weighted by atomic mass is 9.79. The summed E-state index contributed by atoms with van der Waals surface area (Å²) in [6.45, 7) is 6.01. The molecule has 0 bridgehead atoms. The van der Waals surface area contributed by atoms with Gasteiger partial charge in [0.05, 0.1) is 5.71 Å². The number of hydrogen-bond donors (Lipinski definition) is 2. The van der Waals surface area contributed by atoms with Gasteiger partial charge in [-0.25, -0.2) is 9.98 Å². The van der Waals surface area contributed by atoms with Crippen molar-refractivity contribution in [2.24, 2.45) is 10.9 Å². The summed E-state index contributed by atoms with van der Waals surface area (Å²) in [5.41, 5.74) is 8.95. The van der Waals surface area contributed by atoms with Crippen LogP contribution in [0.25, 0.3) is 0 Å². The monoisotopic (exact) mass is 470 g/mol. The van der Waals surface area contributed by atoms with Crippen molar-refractivity contribution in [2.75, 3.05) is 18.1 Å². The predicted octanol–water partition coefficient (Wildman–Crippen LogP) is 5.69. The molecular formula is C25H35N4O3P. The van der Waals surface area contributed by atoms with Gasteiger partial charge in [0, 0.05) is 17.9 Å². The molecule has 7 nitrogen and oxygen atoms in total. The minimum Gasteiger partial charge on any atom is -0.463 e. The van der Waals surface area contributed by atoms with Crippen LogP contribution in [-0.4, -0.2) is 38.5 Å². The Labute approximate surface area is 196 Å². The smallest absolute Gasteiger partial charge is 0.246 e. The molecule has 2 aliphatic rings. The Morgan fingerprint density at radius 3 is 2.52 bits per heavy atom. The minimum absolute atomic E-state index is 0.309. The van der Waals surface area contributed by atoms with Crippen LogP contribution in [0.1, 0.15) is 76.3 Å². The molecule has 0 saturated heterocycles. The van der Waals surface area contributed by atoms with Crippen molar-refractivity contribution >= 4 is 24.6 Å². The number of aromatic nitrogens is 2. The van der Waals surface area contributed by atoms with Crippen molar-refractivity contribution in [2.45, 2.75) is 70.8 Å². The fourth-order valence-corrected chi connectivity index (χ4v) is 7.16. The quantitative estimate of drug-likeness (QED) is 0.503. The number of benzene rings is 1. The van der Waals surface area contributed by atoms with E-state index in [1.807, 2.05) is 13.8 Å². The highest BCUT2D eigenvalue weighted by Gasteiger charge is 2.35. The predicted molar refractivity (Wildman–Crippen MR) is 133 cm³/mol.